The topological polar surface area (TPSA) is 39.9 Å². The first-order chi connectivity index (χ1) is 11.8. The van der Waals surface area contributed by atoms with Crippen LogP contribution in [0.4, 0.5) is 8.78 Å². The van der Waals surface area contributed by atoms with Crippen LogP contribution in [0, 0.1) is 11.6 Å². The monoisotopic (exact) mass is 361 g/mol. The molecule has 1 aromatic carbocycles. The average molecular weight is 361 g/mol. The summed E-state index contributed by atoms with van der Waals surface area (Å²) in [5, 5.41) is 5.04. The largest absolute Gasteiger partial charge is 0.359 e. The van der Waals surface area contributed by atoms with Crippen molar-refractivity contribution in [3.05, 3.63) is 48.3 Å². The molecule has 0 saturated heterocycles. The van der Waals surface area contributed by atoms with Gasteiger partial charge in [0.05, 0.1) is 6.20 Å². The SMILES string of the molecule is C[Si](C)(C)CCOCn1ncc2cc(-c3cc(F)ccc3F)cnc21. The van der Waals surface area contributed by atoms with Gasteiger partial charge in [-0.3, -0.25) is 0 Å². The summed E-state index contributed by atoms with van der Waals surface area (Å²) in [5.41, 5.74) is 1.37. The molecule has 0 fully saturated rings. The van der Waals surface area contributed by atoms with Crippen molar-refractivity contribution in [1.82, 2.24) is 14.8 Å². The average Bonchev–Trinajstić information content (AvgIpc) is 2.95. The molecule has 0 unspecified atom stereocenters. The molecule has 0 radical (unpaired) electrons. The Morgan fingerprint density at radius 1 is 1.12 bits per heavy atom. The third-order valence-corrected chi connectivity index (χ3v) is 5.63. The molecule has 4 nitrogen and oxygen atoms in total. The number of benzene rings is 1. The number of fused-ring (bicyclic) bond motifs is 1. The van der Waals surface area contributed by atoms with Gasteiger partial charge in [0.2, 0.25) is 0 Å². The van der Waals surface area contributed by atoms with Crippen LogP contribution in [0.2, 0.25) is 25.7 Å². The second-order valence-corrected chi connectivity index (χ2v) is 12.9. The van der Waals surface area contributed by atoms with Crippen molar-refractivity contribution >= 4 is 19.1 Å². The van der Waals surface area contributed by atoms with Gasteiger partial charge in [-0.2, -0.15) is 5.10 Å². The quantitative estimate of drug-likeness (QED) is 0.472. The third-order valence-electron chi connectivity index (χ3n) is 3.93. The van der Waals surface area contributed by atoms with E-state index in [0.29, 0.717) is 24.5 Å². The maximum absolute atomic E-state index is 13.9. The fourth-order valence-corrected chi connectivity index (χ4v) is 3.22. The molecule has 0 spiro atoms. The minimum atomic E-state index is -1.12. The van der Waals surface area contributed by atoms with E-state index in [4.69, 9.17) is 4.74 Å². The van der Waals surface area contributed by atoms with Gasteiger partial charge in [-0.05, 0) is 30.3 Å². The van der Waals surface area contributed by atoms with Crippen molar-refractivity contribution in [1.29, 1.82) is 0 Å². The van der Waals surface area contributed by atoms with Crippen LogP contribution in [0.3, 0.4) is 0 Å². The lowest BCUT2D eigenvalue weighted by Gasteiger charge is -2.15. The molecule has 0 aliphatic heterocycles. The van der Waals surface area contributed by atoms with Gasteiger partial charge in [0, 0.05) is 37.4 Å². The molecule has 0 saturated carbocycles. The van der Waals surface area contributed by atoms with Crippen LogP contribution in [0.5, 0.6) is 0 Å². The molecule has 2 aromatic heterocycles. The smallest absolute Gasteiger partial charge is 0.160 e. The molecule has 3 rings (SSSR count). The Bertz CT molecular complexity index is 890. The summed E-state index contributed by atoms with van der Waals surface area (Å²) >= 11 is 0. The summed E-state index contributed by atoms with van der Waals surface area (Å²) < 4.78 is 34.7. The van der Waals surface area contributed by atoms with Crippen LogP contribution >= 0.6 is 0 Å². The van der Waals surface area contributed by atoms with Gasteiger partial charge in [-0.25, -0.2) is 18.4 Å². The van der Waals surface area contributed by atoms with Gasteiger partial charge in [0.25, 0.3) is 0 Å². The van der Waals surface area contributed by atoms with Crippen LogP contribution in [0.15, 0.2) is 36.7 Å². The van der Waals surface area contributed by atoms with E-state index < -0.39 is 19.7 Å². The van der Waals surface area contributed by atoms with E-state index in [1.165, 1.54) is 12.3 Å². The predicted molar refractivity (Wildman–Crippen MR) is 97.0 cm³/mol. The van der Waals surface area contributed by atoms with E-state index in [-0.39, 0.29) is 5.56 Å². The van der Waals surface area contributed by atoms with Crippen LogP contribution in [0.25, 0.3) is 22.2 Å². The maximum Gasteiger partial charge on any atom is 0.160 e. The third kappa shape index (κ3) is 4.29. The molecule has 0 amide bonds. The highest BCUT2D eigenvalue weighted by Crippen LogP contribution is 2.26. The second-order valence-electron chi connectivity index (χ2n) is 7.25. The van der Waals surface area contributed by atoms with E-state index in [1.54, 1.807) is 16.9 Å². The highest BCUT2D eigenvalue weighted by Gasteiger charge is 2.13. The summed E-state index contributed by atoms with van der Waals surface area (Å²) in [6.45, 7) is 7.93. The van der Waals surface area contributed by atoms with E-state index in [9.17, 15) is 8.78 Å². The molecule has 7 heteroatoms. The lowest BCUT2D eigenvalue weighted by atomic mass is 10.1. The number of ether oxygens (including phenoxy) is 1. The lowest BCUT2D eigenvalue weighted by Crippen LogP contribution is -2.22. The van der Waals surface area contributed by atoms with Crippen molar-refractivity contribution < 1.29 is 13.5 Å². The Balaban J connectivity index is 1.78. The Kier molecular flexibility index (Phi) is 4.96. The molecule has 2 heterocycles. The number of aromatic nitrogens is 3. The fourth-order valence-electron chi connectivity index (χ4n) is 2.46. The van der Waals surface area contributed by atoms with Gasteiger partial charge in [0.15, 0.2) is 5.65 Å². The molecule has 0 N–H and O–H groups in total. The molecule has 132 valence electrons. The van der Waals surface area contributed by atoms with E-state index in [1.807, 2.05) is 0 Å². The minimum absolute atomic E-state index is 0.188. The van der Waals surface area contributed by atoms with Gasteiger partial charge >= 0.3 is 0 Å². The highest BCUT2D eigenvalue weighted by atomic mass is 28.3. The fraction of sp³-hybridized carbons (Fsp3) is 0.333. The zero-order valence-electron chi connectivity index (χ0n) is 14.6. The standard InChI is InChI=1S/C18H21F2N3OSi/c1-25(2,3)7-6-24-12-23-18-14(11-22-23)8-13(10-21-18)16-9-15(19)4-5-17(16)20/h4-5,8-11H,6-7,12H2,1-3H3. The lowest BCUT2D eigenvalue weighted by molar-refractivity contribution is 0.0813. The molecule has 3 aromatic rings. The normalized spacial score (nSPS) is 12.0. The Labute approximate surface area is 146 Å². The van der Waals surface area contributed by atoms with Gasteiger partial charge in [-0.15, -0.1) is 0 Å². The van der Waals surface area contributed by atoms with Crippen molar-refractivity contribution in [2.24, 2.45) is 0 Å². The zero-order valence-corrected chi connectivity index (χ0v) is 15.6. The maximum atomic E-state index is 13.9. The second kappa shape index (κ2) is 7.01. The van der Waals surface area contributed by atoms with Gasteiger partial charge in [0.1, 0.15) is 18.4 Å². The molecule has 0 bridgehead atoms. The number of halogens is 2. The summed E-state index contributed by atoms with van der Waals surface area (Å²) in [5.74, 6) is -0.965. The Morgan fingerprint density at radius 2 is 1.92 bits per heavy atom. The minimum Gasteiger partial charge on any atom is -0.359 e. The first-order valence-electron chi connectivity index (χ1n) is 8.18. The number of pyridine rings is 1. The van der Waals surface area contributed by atoms with Crippen molar-refractivity contribution in [2.45, 2.75) is 32.4 Å². The highest BCUT2D eigenvalue weighted by molar-refractivity contribution is 6.76. The number of hydrogen-bond acceptors (Lipinski definition) is 3. The van der Waals surface area contributed by atoms with E-state index >= 15 is 0 Å². The van der Waals surface area contributed by atoms with Crippen molar-refractivity contribution in [3.8, 4) is 11.1 Å². The van der Waals surface area contributed by atoms with Crippen LogP contribution < -0.4 is 0 Å². The van der Waals surface area contributed by atoms with E-state index in [2.05, 4.69) is 29.7 Å². The summed E-state index contributed by atoms with van der Waals surface area (Å²) in [7, 11) is -1.12. The number of hydrogen-bond donors (Lipinski definition) is 0. The van der Waals surface area contributed by atoms with Crippen molar-refractivity contribution in [2.75, 3.05) is 6.61 Å². The molecule has 0 atom stereocenters. The first kappa shape index (κ1) is 17.7. The number of nitrogens with zero attached hydrogens (tertiary/aromatic N) is 3. The molecular weight excluding hydrogens is 340 g/mol. The van der Waals surface area contributed by atoms with Crippen LogP contribution in [-0.2, 0) is 11.5 Å². The van der Waals surface area contributed by atoms with Crippen LogP contribution in [0.1, 0.15) is 0 Å². The summed E-state index contributed by atoms with van der Waals surface area (Å²) in [6.07, 6.45) is 3.19. The summed E-state index contributed by atoms with van der Waals surface area (Å²) in [4.78, 5) is 4.36. The number of rotatable bonds is 6. The van der Waals surface area contributed by atoms with Gasteiger partial charge in [-0.1, -0.05) is 19.6 Å². The molecular formula is C18H21F2N3OSi. The molecule has 25 heavy (non-hydrogen) atoms. The van der Waals surface area contributed by atoms with Gasteiger partial charge < -0.3 is 4.74 Å². The Morgan fingerprint density at radius 3 is 2.68 bits per heavy atom. The Hall–Kier alpha value is -2.12. The predicted octanol–water partition coefficient (Wildman–Crippen LogP) is 4.69. The van der Waals surface area contributed by atoms with E-state index in [0.717, 1.165) is 23.6 Å². The van der Waals surface area contributed by atoms with Crippen LogP contribution in [-0.4, -0.2) is 29.4 Å². The molecule has 0 aliphatic carbocycles. The first-order valence-corrected chi connectivity index (χ1v) is 11.9. The summed E-state index contributed by atoms with van der Waals surface area (Å²) in [6, 6.07) is 6.22. The zero-order chi connectivity index (χ0) is 18.0. The van der Waals surface area contributed by atoms with Crippen molar-refractivity contribution in [3.63, 3.8) is 0 Å². The molecule has 0 aliphatic rings.